The number of ketones is 2. The third-order valence-electron chi connectivity index (χ3n) is 17.5. The molecule has 68 heteroatoms. The van der Waals surface area contributed by atoms with Crippen LogP contribution in [0.4, 0.5) is 241 Å². The van der Waals surface area contributed by atoms with Gasteiger partial charge in [0, 0.05) is 54.5 Å². The van der Waals surface area contributed by atoms with Crippen molar-refractivity contribution in [1.29, 1.82) is 0 Å². The Morgan fingerprint density at radius 1 is 0.318 bits per heavy atom. The predicted molar refractivity (Wildman–Crippen MR) is 312 cm³/mol. The van der Waals surface area contributed by atoms with E-state index in [1.165, 1.54) is 5.94 Å². The molecule has 0 atom stereocenters. The van der Waals surface area contributed by atoms with Crippen molar-refractivity contribution in [2.24, 2.45) is 0 Å². The average molecular weight is 2000 g/mol. The highest BCUT2D eigenvalue weighted by molar-refractivity contribution is 6.25. The van der Waals surface area contributed by atoms with Crippen LogP contribution in [0.15, 0.2) is 43.0 Å². The molecule has 0 saturated heterocycles. The molecule has 1 aliphatic carbocycles. The first kappa shape index (κ1) is 113. The first-order valence-electron chi connectivity index (χ1n) is 32.4. The summed E-state index contributed by atoms with van der Waals surface area (Å²) in [4.78, 5) is 80.8. The second-order valence-corrected chi connectivity index (χ2v) is 26.0. The van der Waals surface area contributed by atoms with Gasteiger partial charge in [0.2, 0.25) is 5.75 Å². The van der Waals surface area contributed by atoms with Crippen LogP contribution in [0.2, 0.25) is 0 Å². The highest BCUT2D eigenvalue weighted by Gasteiger charge is 2.99. The molecule has 129 heavy (non-hydrogen) atoms. The van der Waals surface area contributed by atoms with Crippen molar-refractivity contribution in [3.8, 4) is 28.4 Å². The van der Waals surface area contributed by atoms with E-state index in [0.29, 0.717) is 12.1 Å². The molecule has 0 N–H and O–H groups in total. The monoisotopic (exact) mass is 2000 g/mol. The quantitative estimate of drug-likeness (QED) is 0.00762. The van der Waals surface area contributed by atoms with E-state index in [-0.39, 0.29) is 24.3 Å². The third-order valence-corrected chi connectivity index (χ3v) is 17.5. The van der Waals surface area contributed by atoms with Gasteiger partial charge in [-0.2, -0.15) is 224 Å². The number of hydrogen-bond donors (Lipinski definition) is 0. The SMILES string of the molecule is C=C=O.O=C(CCOC(=O)c1cc(OCCCCC(F)(F)C(F)(F)C(F)(F)C(F)(F)C(F)(F)C(F)(F)C(F)(F)C(F)(F)F)c(OCCCCC(F)(F)C(F)(F)C(F)(F)C(F)(F)C(F)(F)C(F)(F)C(F)(F)C(F)(F)F)c(OCCCCC(F)(F)C(F)(F)C(F)(F)C(F)(F)C(F)(F)C(F)(F)C(F)(F)C(F)(F)F)c1)c1cc2c(c([N+](=O)[O-])c1)-c1c(cc([N+](=O)[O-])cc1[N+](=O)[O-])C2=O. The third kappa shape index (κ3) is 18.6. The number of nitrogens with zero attached hydrogens (tertiary/aromatic N) is 3. The molecule has 4 rings (SSSR count). The van der Waals surface area contributed by atoms with Gasteiger partial charge < -0.3 is 18.9 Å². The first-order chi connectivity index (χ1) is 57.0. The Morgan fingerprint density at radius 3 is 0.829 bits per heavy atom. The molecule has 0 bridgehead atoms. The number of rotatable bonds is 44. The predicted octanol–water partition coefficient (Wildman–Crippen LogP) is 23.7. The number of alkyl halides is 51. The van der Waals surface area contributed by atoms with Crippen LogP contribution in [0, 0.1) is 30.3 Å². The van der Waals surface area contributed by atoms with Crippen molar-refractivity contribution < 1.29 is 277 Å². The van der Waals surface area contributed by atoms with Gasteiger partial charge in [-0.15, -0.1) is 0 Å². The minimum atomic E-state index is -9.22. The van der Waals surface area contributed by atoms with Crippen LogP contribution in [0.5, 0.6) is 17.2 Å². The zero-order valence-electron chi connectivity index (χ0n) is 60.4. The number of fused-ring (bicyclic) bond motifs is 3. The van der Waals surface area contributed by atoms with Crippen LogP contribution in [0.1, 0.15) is 101 Å². The number of halogens is 51. The van der Waals surface area contributed by atoms with Crippen LogP contribution in [-0.2, 0) is 9.53 Å². The van der Waals surface area contributed by atoms with Gasteiger partial charge in [-0.05, 0) is 63.3 Å². The number of esters is 1. The van der Waals surface area contributed by atoms with Crippen LogP contribution < -0.4 is 14.2 Å². The standard InChI is InChI=1S/C59H34F51N3O13.C2H2O/c60-36(61,39(66,67)42(72,73)45(78,79)48(84,85)51(90,91)54(96,97)57(102,103)104)8-1-4-11-123-29-17-22(35(116)126-14-7-28(114)21-15-24-31(26(16-21)112(119)120)32-25(33(24)115)19-23(111(117)118)20-27(32)113(121)122)18-30(124-12-5-2-9-37(62,63)40(68,69)43(74,75)46(80,81)49(86,87)52(92,93)55(98,99)58(105,106)107)34(29)125-13-6-3-10-38(64,65)41(70,71)44(76,77)47(82,83)50(88,89)53(94,95)56(100,101)59(108,109)110;1-2-3/h15-20H,1-14H2;1H2. The van der Waals surface area contributed by atoms with E-state index in [1.807, 2.05) is 0 Å². The van der Waals surface area contributed by atoms with Crippen LogP contribution in [0.25, 0.3) is 11.1 Å². The molecule has 0 amide bonds. The molecule has 3 aromatic rings. The smallest absolute Gasteiger partial charge is 0.460 e. The number of benzene rings is 3. The first-order valence-corrected chi connectivity index (χ1v) is 32.4. The summed E-state index contributed by atoms with van der Waals surface area (Å²) in [5, 5.41) is 35.7. The number of non-ortho nitro benzene ring substituents is 1. The maximum atomic E-state index is 14.9. The summed E-state index contributed by atoms with van der Waals surface area (Å²) in [6, 6.07) is 0.737. The zero-order valence-corrected chi connectivity index (χ0v) is 60.4. The number of nitro benzene ring substituents is 3. The number of ether oxygens (including phenoxy) is 4. The lowest BCUT2D eigenvalue weighted by atomic mass is 9.88. The molecule has 0 fully saturated rings. The van der Waals surface area contributed by atoms with Crippen molar-refractivity contribution in [3.05, 3.63) is 95.6 Å². The van der Waals surface area contributed by atoms with Gasteiger partial charge >= 0.3 is 149 Å². The fourth-order valence-electron chi connectivity index (χ4n) is 10.3. The fraction of sp³-hybridized carbons (Fsp3) is 0.623. The molecule has 0 heterocycles. The number of nitro groups is 3. The largest absolute Gasteiger partial charge is 0.490 e. The Bertz CT molecular complexity index is 4550. The number of carbonyl (C=O) groups excluding carboxylic acids is 4. The lowest BCUT2D eigenvalue weighted by Gasteiger charge is -2.42. The Hall–Kier alpha value is -10.1. The maximum Gasteiger partial charge on any atom is 0.460 e. The molecule has 0 spiro atoms. The highest BCUT2D eigenvalue weighted by Crippen LogP contribution is 2.69. The molecule has 736 valence electrons. The second-order valence-electron chi connectivity index (χ2n) is 26.0. The number of carbonyl (C=O) groups is 3. The molecular formula is C61H36F51N3O14. The zero-order chi connectivity index (χ0) is 102. The maximum absolute atomic E-state index is 14.9. The van der Waals surface area contributed by atoms with Gasteiger partial charge in [-0.25, -0.2) is 9.59 Å². The molecule has 0 unspecified atom stereocenters. The van der Waals surface area contributed by atoms with Crippen LogP contribution in [0.3, 0.4) is 0 Å². The van der Waals surface area contributed by atoms with Crippen molar-refractivity contribution in [3.63, 3.8) is 0 Å². The summed E-state index contributed by atoms with van der Waals surface area (Å²) in [5.41, 5.74) is -10.8. The van der Waals surface area contributed by atoms with E-state index in [4.69, 9.17) is 23.7 Å². The van der Waals surface area contributed by atoms with Gasteiger partial charge in [-0.3, -0.25) is 39.9 Å². The molecule has 0 aromatic heterocycles. The second kappa shape index (κ2) is 35.6. The Balaban J connectivity index is 0.0000141. The van der Waals surface area contributed by atoms with Crippen LogP contribution >= 0.6 is 0 Å². The molecule has 0 aliphatic heterocycles. The van der Waals surface area contributed by atoms with E-state index in [9.17, 15) is 269 Å². The molecule has 0 radical (unpaired) electrons. The summed E-state index contributed by atoms with van der Waals surface area (Å²) < 4.78 is 732. The van der Waals surface area contributed by atoms with Crippen molar-refractivity contribution in [1.82, 2.24) is 0 Å². The Morgan fingerprint density at radius 2 is 0.566 bits per heavy atom. The Kier molecular flexibility index (Phi) is 31.2. The number of Topliss-reactive ketones (excluding diaryl/α,β-unsaturated/α-hetero) is 1. The number of unbranched alkanes of at least 4 members (excludes halogenated alkanes) is 3. The van der Waals surface area contributed by atoms with Gasteiger partial charge in [0.1, 0.15) is 5.94 Å². The molecule has 3 aromatic carbocycles. The van der Waals surface area contributed by atoms with Crippen LogP contribution in [-0.4, -0.2) is 208 Å². The molecule has 1 aliphatic rings. The normalized spacial score (nSPS) is 14.9. The number of hydrogen-bond acceptors (Lipinski definition) is 14. The van der Waals surface area contributed by atoms with Crippen molar-refractivity contribution >= 4 is 40.5 Å². The van der Waals surface area contributed by atoms with Gasteiger partial charge in [-0.1, -0.05) is 0 Å². The van der Waals surface area contributed by atoms with Gasteiger partial charge in [0.05, 0.1) is 64.0 Å². The van der Waals surface area contributed by atoms with Crippen molar-refractivity contribution in [2.75, 3.05) is 26.4 Å². The van der Waals surface area contributed by atoms with Crippen molar-refractivity contribution in [2.45, 2.75) is 207 Å². The summed E-state index contributed by atoms with van der Waals surface area (Å²) in [5.74, 6) is -192. The molecular weight excluding hydrogens is 1970 g/mol. The van der Waals surface area contributed by atoms with E-state index in [1.54, 1.807) is 0 Å². The van der Waals surface area contributed by atoms with E-state index >= 15 is 0 Å². The highest BCUT2D eigenvalue weighted by atomic mass is 19.5. The Labute approximate surface area is 674 Å². The van der Waals surface area contributed by atoms with E-state index in [2.05, 4.69) is 6.58 Å². The topological polar surface area (TPSA) is 235 Å². The van der Waals surface area contributed by atoms with E-state index in [0.717, 1.165) is 0 Å². The summed E-state index contributed by atoms with van der Waals surface area (Å²) in [6.07, 6.45) is -49.1. The minimum Gasteiger partial charge on any atom is -0.490 e. The van der Waals surface area contributed by atoms with Gasteiger partial charge in [0.15, 0.2) is 23.1 Å². The lowest BCUT2D eigenvalue weighted by Crippen LogP contribution is -2.74. The molecule has 0 saturated carbocycles. The average Bonchev–Trinajstić information content (AvgIpc) is 1.51. The summed E-state index contributed by atoms with van der Waals surface area (Å²) in [7, 11) is 0. The van der Waals surface area contributed by atoms with E-state index < -0.39 is 334 Å². The summed E-state index contributed by atoms with van der Waals surface area (Å²) >= 11 is 0. The summed E-state index contributed by atoms with van der Waals surface area (Å²) in [6.45, 7) is -4.97. The lowest BCUT2D eigenvalue weighted by molar-refractivity contribution is -0.461. The minimum absolute atomic E-state index is 0.185. The molecule has 17 nitrogen and oxygen atoms in total. The van der Waals surface area contributed by atoms with Gasteiger partial charge in [0.25, 0.3) is 17.1 Å². The fourth-order valence-corrected chi connectivity index (χ4v) is 10.3.